The maximum absolute atomic E-state index is 6.29. The number of para-hydroxylation sites is 2. The number of nitrogens with zero attached hydrogens (tertiary/aromatic N) is 3. The van der Waals surface area contributed by atoms with Crippen LogP contribution >= 0.6 is 0 Å². The van der Waals surface area contributed by atoms with E-state index in [2.05, 4.69) is 103 Å². The van der Waals surface area contributed by atoms with Crippen molar-refractivity contribution < 1.29 is 8.83 Å². The third-order valence-electron chi connectivity index (χ3n) is 10.1. The Hall–Kier alpha value is -7.11. The van der Waals surface area contributed by atoms with Gasteiger partial charge in [0.15, 0.2) is 17.5 Å². The fourth-order valence-electron chi connectivity index (χ4n) is 7.77. The quantitative estimate of drug-likeness (QED) is 0.175. The summed E-state index contributed by atoms with van der Waals surface area (Å²) in [7, 11) is 0. The van der Waals surface area contributed by atoms with Crippen molar-refractivity contribution in [3.8, 4) is 45.3 Å². The van der Waals surface area contributed by atoms with Crippen LogP contribution in [0.4, 0.5) is 0 Å². The summed E-state index contributed by atoms with van der Waals surface area (Å²) in [6.45, 7) is 0. The van der Waals surface area contributed by atoms with E-state index in [1.165, 1.54) is 21.9 Å². The van der Waals surface area contributed by atoms with E-state index in [0.29, 0.717) is 17.5 Å². The summed E-state index contributed by atoms with van der Waals surface area (Å²) in [4.78, 5) is 15.7. The maximum atomic E-state index is 6.29. The molecule has 0 spiro atoms. The van der Waals surface area contributed by atoms with Gasteiger partial charge in [0.05, 0.1) is 0 Å². The Morgan fingerprint density at radius 3 is 1.46 bits per heavy atom. The van der Waals surface area contributed by atoms with Crippen LogP contribution in [0.2, 0.25) is 0 Å². The summed E-state index contributed by atoms with van der Waals surface area (Å²) >= 11 is 0. The lowest BCUT2D eigenvalue weighted by molar-refractivity contribution is 0.668. The third kappa shape index (κ3) is 4.39. The predicted molar refractivity (Wildman–Crippen MR) is 211 cm³/mol. The molecule has 5 heteroatoms. The molecule has 0 saturated heterocycles. The van der Waals surface area contributed by atoms with Crippen molar-refractivity contribution in [2.45, 2.75) is 0 Å². The van der Waals surface area contributed by atoms with Crippen LogP contribution in [0, 0.1) is 0 Å². The van der Waals surface area contributed by atoms with Gasteiger partial charge in [-0.05, 0) is 69.1 Å². The van der Waals surface area contributed by atoms with E-state index in [4.69, 9.17) is 23.8 Å². The van der Waals surface area contributed by atoms with E-state index in [-0.39, 0.29) is 0 Å². The molecule has 0 saturated carbocycles. The topological polar surface area (TPSA) is 65.0 Å². The second kappa shape index (κ2) is 11.2. The molecule has 11 rings (SSSR count). The van der Waals surface area contributed by atoms with Crippen LogP contribution in [-0.4, -0.2) is 15.0 Å². The van der Waals surface area contributed by atoms with Crippen molar-refractivity contribution in [2.24, 2.45) is 0 Å². The number of hydrogen-bond acceptors (Lipinski definition) is 5. The van der Waals surface area contributed by atoms with Crippen molar-refractivity contribution in [1.82, 2.24) is 15.0 Å². The molecule has 0 atom stereocenters. The molecule has 0 aliphatic rings. The standard InChI is InChI=1S/C47H27N3O2/c1-2-12-28(13-3-1)37-26-29-24-25-30(27-38(29)32-15-5-4-14-31(32)37)45-48-46(35-18-10-22-41-43(35)33-16-6-8-20-39(33)51-41)50-47(49-45)36-19-11-23-42-44(36)34-17-7-9-21-40(34)52-42/h1-27H. The van der Waals surface area contributed by atoms with Crippen molar-refractivity contribution in [2.75, 3.05) is 0 Å². The number of benzene rings is 8. The molecule has 5 nitrogen and oxygen atoms in total. The molecule has 0 unspecified atom stereocenters. The number of furan rings is 2. The van der Waals surface area contributed by atoms with Crippen LogP contribution < -0.4 is 0 Å². The fraction of sp³-hybridized carbons (Fsp3) is 0. The van der Waals surface area contributed by atoms with E-state index in [1.54, 1.807) is 0 Å². The molecule has 242 valence electrons. The van der Waals surface area contributed by atoms with Crippen molar-refractivity contribution >= 4 is 65.4 Å². The minimum Gasteiger partial charge on any atom is -0.456 e. The van der Waals surface area contributed by atoms with E-state index >= 15 is 0 Å². The van der Waals surface area contributed by atoms with Gasteiger partial charge in [-0.3, -0.25) is 0 Å². The molecular weight excluding hydrogens is 639 g/mol. The minimum absolute atomic E-state index is 0.575. The molecule has 0 amide bonds. The zero-order valence-electron chi connectivity index (χ0n) is 27.7. The first-order valence-electron chi connectivity index (χ1n) is 17.4. The van der Waals surface area contributed by atoms with Gasteiger partial charge in [0.1, 0.15) is 22.3 Å². The summed E-state index contributed by atoms with van der Waals surface area (Å²) in [6, 6.07) is 56.4. The Labute approximate surface area is 297 Å². The Morgan fingerprint density at radius 2 is 0.827 bits per heavy atom. The number of fused-ring (bicyclic) bond motifs is 9. The van der Waals surface area contributed by atoms with E-state index in [1.807, 2.05) is 60.7 Å². The van der Waals surface area contributed by atoms with Gasteiger partial charge in [0.25, 0.3) is 0 Å². The zero-order valence-corrected chi connectivity index (χ0v) is 27.7. The molecule has 8 aromatic carbocycles. The molecule has 0 bridgehead atoms. The first kappa shape index (κ1) is 28.7. The largest absolute Gasteiger partial charge is 0.456 e. The monoisotopic (exact) mass is 665 g/mol. The summed E-state index contributed by atoms with van der Waals surface area (Å²) in [6.07, 6.45) is 0. The Bertz CT molecular complexity index is 3060. The molecule has 52 heavy (non-hydrogen) atoms. The van der Waals surface area contributed by atoms with Crippen LogP contribution in [0.3, 0.4) is 0 Å². The summed E-state index contributed by atoms with van der Waals surface area (Å²) in [5.74, 6) is 1.74. The molecule has 0 aliphatic heterocycles. The molecule has 3 aromatic heterocycles. The first-order chi connectivity index (χ1) is 25.8. The lowest BCUT2D eigenvalue weighted by atomic mass is 9.92. The first-order valence-corrected chi connectivity index (χ1v) is 17.4. The molecule has 11 aromatic rings. The molecular formula is C47H27N3O2. The predicted octanol–water partition coefficient (Wildman–Crippen LogP) is 12.6. The van der Waals surface area contributed by atoms with Gasteiger partial charge < -0.3 is 8.83 Å². The molecule has 0 N–H and O–H groups in total. The van der Waals surface area contributed by atoms with Gasteiger partial charge >= 0.3 is 0 Å². The van der Waals surface area contributed by atoms with Crippen LogP contribution in [0.1, 0.15) is 0 Å². The van der Waals surface area contributed by atoms with E-state index in [9.17, 15) is 0 Å². The van der Waals surface area contributed by atoms with Gasteiger partial charge in [-0.15, -0.1) is 0 Å². The number of rotatable bonds is 4. The summed E-state index contributed by atoms with van der Waals surface area (Å²) in [5, 5.41) is 8.67. The lowest BCUT2D eigenvalue weighted by Crippen LogP contribution is -2.01. The lowest BCUT2D eigenvalue weighted by Gasteiger charge is -2.13. The van der Waals surface area contributed by atoms with Crippen molar-refractivity contribution in [1.29, 1.82) is 0 Å². The summed E-state index contributed by atoms with van der Waals surface area (Å²) in [5.41, 5.74) is 8.30. The SMILES string of the molecule is c1ccc(-c2cc3ccc(-c4nc(-c5cccc6oc7ccccc7c56)nc(-c5cccc6oc7ccccc7c56)n4)cc3c3ccccc23)cc1. The molecule has 0 radical (unpaired) electrons. The van der Waals surface area contributed by atoms with Gasteiger partial charge in [0.2, 0.25) is 0 Å². The highest BCUT2D eigenvalue weighted by atomic mass is 16.3. The number of hydrogen-bond donors (Lipinski definition) is 0. The number of aromatic nitrogens is 3. The van der Waals surface area contributed by atoms with Crippen molar-refractivity contribution in [3.63, 3.8) is 0 Å². The highest BCUT2D eigenvalue weighted by molar-refractivity contribution is 6.15. The average Bonchev–Trinajstić information content (AvgIpc) is 3.79. The highest BCUT2D eigenvalue weighted by Crippen LogP contribution is 2.40. The maximum Gasteiger partial charge on any atom is 0.164 e. The Balaban J connectivity index is 1.19. The van der Waals surface area contributed by atoms with E-state index < -0.39 is 0 Å². The Kier molecular flexibility index (Phi) is 6.18. The van der Waals surface area contributed by atoms with Gasteiger partial charge in [-0.25, -0.2) is 15.0 Å². The molecule has 0 aliphatic carbocycles. The van der Waals surface area contributed by atoms with Crippen LogP contribution in [0.5, 0.6) is 0 Å². The third-order valence-corrected chi connectivity index (χ3v) is 10.1. The summed E-state index contributed by atoms with van der Waals surface area (Å²) < 4.78 is 12.6. The fourth-order valence-corrected chi connectivity index (χ4v) is 7.77. The Morgan fingerprint density at radius 1 is 0.308 bits per heavy atom. The normalized spacial score (nSPS) is 11.8. The van der Waals surface area contributed by atoms with Crippen LogP contribution in [0.15, 0.2) is 173 Å². The minimum atomic E-state index is 0.575. The smallest absolute Gasteiger partial charge is 0.164 e. The van der Waals surface area contributed by atoms with Gasteiger partial charge in [0, 0.05) is 38.2 Å². The second-order valence-corrected chi connectivity index (χ2v) is 13.1. The van der Waals surface area contributed by atoms with Crippen LogP contribution in [-0.2, 0) is 0 Å². The average molecular weight is 666 g/mol. The highest BCUT2D eigenvalue weighted by Gasteiger charge is 2.21. The second-order valence-electron chi connectivity index (χ2n) is 13.1. The van der Waals surface area contributed by atoms with Gasteiger partial charge in [-0.2, -0.15) is 0 Å². The zero-order chi connectivity index (χ0) is 34.2. The van der Waals surface area contributed by atoms with Crippen LogP contribution in [0.25, 0.3) is 111 Å². The van der Waals surface area contributed by atoms with Crippen molar-refractivity contribution in [3.05, 3.63) is 164 Å². The van der Waals surface area contributed by atoms with E-state index in [0.717, 1.165) is 71.3 Å². The molecule has 0 fully saturated rings. The van der Waals surface area contributed by atoms with Gasteiger partial charge in [-0.1, -0.05) is 127 Å². The molecule has 3 heterocycles.